The Bertz CT molecular complexity index is 1100. The summed E-state index contributed by atoms with van der Waals surface area (Å²) >= 11 is 12.1. The van der Waals surface area contributed by atoms with Gasteiger partial charge in [0.25, 0.3) is 0 Å². The van der Waals surface area contributed by atoms with E-state index in [1.807, 2.05) is 66.7 Å². The van der Waals surface area contributed by atoms with Crippen LogP contribution >= 0.6 is 23.2 Å². The molecule has 0 atom stereocenters. The summed E-state index contributed by atoms with van der Waals surface area (Å²) in [5, 5.41) is 1.29. The summed E-state index contributed by atoms with van der Waals surface area (Å²) in [5.41, 5.74) is 3.87. The van der Waals surface area contributed by atoms with Crippen LogP contribution in [0.4, 0.5) is 0 Å². The Morgan fingerprint density at radius 1 is 0.692 bits per heavy atom. The number of imidazole rings is 1. The van der Waals surface area contributed by atoms with E-state index in [-0.39, 0.29) is 5.69 Å². The molecule has 0 amide bonds. The summed E-state index contributed by atoms with van der Waals surface area (Å²) in [7, 11) is 0. The molecule has 1 aromatic heterocycles. The quantitative estimate of drug-likeness (QED) is 0.478. The van der Waals surface area contributed by atoms with Crippen molar-refractivity contribution in [3.63, 3.8) is 0 Å². The van der Waals surface area contributed by atoms with Crippen LogP contribution in [0.25, 0.3) is 28.2 Å². The Morgan fingerprint density at radius 2 is 1.23 bits per heavy atom. The van der Waals surface area contributed by atoms with Gasteiger partial charge in [0.1, 0.15) is 0 Å². The molecule has 0 aliphatic rings. The third-order valence-electron chi connectivity index (χ3n) is 4.16. The first-order valence-corrected chi connectivity index (χ1v) is 8.81. The Balaban J connectivity index is 2.02. The zero-order valence-corrected chi connectivity index (χ0v) is 15.1. The summed E-state index contributed by atoms with van der Waals surface area (Å²) in [6.45, 7) is 0. The minimum absolute atomic E-state index is 0.203. The number of hydrogen-bond donors (Lipinski definition) is 1. The number of H-pyrrole nitrogens is 1. The molecule has 4 aromatic rings. The maximum Gasteiger partial charge on any atom is 0.331 e. The van der Waals surface area contributed by atoms with Crippen molar-refractivity contribution in [2.75, 3.05) is 0 Å². The minimum Gasteiger partial charge on any atom is -0.305 e. The number of halogens is 2. The van der Waals surface area contributed by atoms with Crippen LogP contribution in [0.2, 0.25) is 10.0 Å². The summed E-state index contributed by atoms with van der Waals surface area (Å²) in [6.07, 6.45) is 0. The molecule has 0 radical (unpaired) electrons. The van der Waals surface area contributed by atoms with Crippen LogP contribution in [-0.2, 0) is 0 Å². The Morgan fingerprint density at radius 3 is 1.81 bits per heavy atom. The molecule has 1 N–H and O–H groups in total. The lowest BCUT2D eigenvalue weighted by Gasteiger charge is -2.10. The second-order valence-corrected chi connectivity index (χ2v) is 6.71. The van der Waals surface area contributed by atoms with E-state index in [4.69, 9.17) is 23.2 Å². The van der Waals surface area contributed by atoms with Gasteiger partial charge in [0, 0.05) is 21.2 Å². The molecule has 4 rings (SSSR count). The first-order valence-electron chi connectivity index (χ1n) is 8.06. The molecule has 0 saturated carbocycles. The van der Waals surface area contributed by atoms with Crippen LogP contribution in [0, 0.1) is 0 Å². The highest BCUT2D eigenvalue weighted by Gasteiger charge is 2.18. The average Bonchev–Trinajstić information content (AvgIpc) is 3.01. The molecule has 5 heteroatoms. The number of nitrogens with zero attached hydrogens (tertiary/aromatic N) is 1. The fourth-order valence-corrected chi connectivity index (χ4v) is 3.22. The molecular formula is C21H14Cl2N2O. The number of aromatic amines is 1. The number of hydrogen-bond acceptors (Lipinski definition) is 1. The van der Waals surface area contributed by atoms with E-state index in [1.54, 1.807) is 16.7 Å². The fourth-order valence-electron chi connectivity index (χ4n) is 2.97. The lowest BCUT2D eigenvalue weighted by atomic mass is 10.0. The predicted molar refractivity (Wildman–Crippen MR) is 107 cm³/mol. The van der Waals surface area contributed by atoms with E-state index in [1.165, 1.54) is 0 Å². The van der Waals surface area contributed by atoms with Gasteiger partial charge in [0.05, 0.1) is 17.1 Å². The zero-order chi connectivity index (χ0) is 18.1. The van der Waals surface area contributed by atoms with E-state index in [0.717, 1.165) is 28.2 Å². The molecule has 128 valence electrons. The molecule has 0 aliphatic carbocycles. The van der Waals surface area contributed by atoms with Crippen molar-refractivity contribution in [2.45, 2.75) is 0 Å². The van der Waals surface area contributed by atoms with Gasteiger partial charge in [-0.05, 0) is 36.4 Å². The summed E-state index contributed by atoms with van der Waals surface area (Å²) in [4.78, 5) is 15.8. The van der Waals surface area contributed by atoms with Crippen LogP contribution < -0.4 is 5.69 Å². The number of aromatic nitrogens is 2. The maximum absolute atomic E-state index is 12.8. The molecule has 0 aliphatic heterocycles. The Hall–Kier alpha value is -2.75. The van der Waals surface area contributed by atoms with Crippen molar-refractivity contribution in [2.24, 2.45) is 0 Å². The molecule has 26 heavy (non-hydrogen) atoms. The van der Waals surface area contributed by atoms with Gasteiger partial charge < -0.3 is 4.98 Å². The lowest BCUT2D eigenvalue weighted by molar-refractivity contribution is 0.993. The van der Waals surface area contributed by atoms with Crippen LogP contribution in [0.1, 0.15) is 0 Å². The molecule has 0 fully saturated rings. The van der Waals surface area contributed by atoms with Gasteiger partial charge in [-0.1, -0.05) is 65.7 Å². The van der Waals surface area contributed by atoms with E-state index >= 15 is 0 Å². The highest BCUT2D eigenvalue weighted by Crippen LogP contribution is 2.32. The van der Waals surface area contributed by atoms with Gasteiger partial charge in [-0.2, -0.15) is 0 Å². The third-order valence-corrected chi connectivity index (χ3v) is 4.66. The summed E-state index contributed by atoms with van der Waals surface area (Å²) < 4.78 is 1.67. The van der Waals surface area contributed by atoms with E-state index in [2.05, 4.69) is 4.98 Å². The normalized spacial score (nSPS) is 10.8. The fraction of sp³-hybridized carbons (Fsp3) is 0. The largest absolute Gasteiger partial charge is 0.331 e. The second kappa shape index (κ2) is 6.87. The van der Waals surface area contributed by atoms with E-state index < -0.39 is 0 Å². The number of para-hydroxylation sites is 1. The van der Waals surface area contributed by atoms with Gasteiger partial charge in [0.2, 0.25) is 0 Å². The Labute approximate surface area is 160 Å². The van der Waals surface area contributed by atoms with Gasteiger partial charge in [-0.15, -0.1) is 0 Å². The van der Waals surface area contributed by atoms with Crippen LogP contribution in [0.15, 0.2) is 83.7 Å². The zero-order valence-electron chi connectivity index (χ0n) is 13.6. The number of benzene rings is 3. The summed E-state index contributed by atoms with van der Waals surface area (Å²) in [5.74, 6) is 0. The molecule has 0 unspecified atom stereocenters. The number of nitrogens with one attached hydrogen (secondary N) is 1. The average molecular weight is 381 g/mol. The molecule has 0 saturated heterocycles. The highest BCUT2D eigenvalue weighted by molar-refractivity contribution is 6.31. The molecule has 1 heterocycles. The van der Waals surface area contributed by atoms with Gasteiger partial charge in [0.15, 0.2) is 0 Å². The smallest absolute Gasteiger partial charge is 0.305 e. The van der Waals surface area contributed by atoms with Crippen LogP contribution in [0.3, 0.4) is 0 Å². The van der Waals surface area contributed by atoms with Crippen LogP contribution in [-0.4, -0.2) is 9.55 Å². The highest BCUT2D eigenvalue weighted by atomic mass is 35.5. The second-order valence-electron chi connectivity index (χ2n) is 5.84. The Kier molecular flexibility index (Phi) is 4.41. The topological polar surface area (TPSA) is 37.8 Å². The number of rotatable bonds is 3. The van der Waals surface area contributed by atoms with Crippen molar-refractivity contribution in [3.8, 4) is 28.2 Å². The van der Waals surface area contributed by atoms with Gasteiger partial charge in [-0.25, -0.2) is 4.79 Å². The van der Waals surface area contributed by atoms with E-state index in [0.29, 0.717) is 10.0 Å². The van der Waals surface area contributed by atoms with Crippen molar-refractivity contribution >= 4 is 23.2 Å². The van der Waals surface area contributed by atoms with Crippen molar-refractivity contribution in [3.05, 3.63) is 99.4 Å². The maximum atomic E-state index is 12.8. The van der Waals surface area contributed by atoms with Crippen molar-refractivity contribution < 1.29 is 0 Å². The molecular weight excluding hydrogens is 367 g/mol. The predicted octanol–water partition coefficient (Wildman–Crippen LogP) is 5.81. The third kappa shape index (κ3) is 3.07. The minimum atomic E-state index is -0.203. The first kappa shape index (κ1) is 16.7. The van der Waals surface area contributed by atoms with Gasteiger partial charge >= 0.3 is 5.69 Å². The molecule has 3 aromatic carbocycles. The molecule has 0 bridgehead atoms. The molecule has 0 spiro atoms. The van der Waals surface area contributed by atoms with E-state index in [9.17, 15) is 4.79 Å². The van der Waals surface area contributed by atoms with Crippen molar-refractivity contribution in [1.82, 2.24) is 9.55 Å². The molecule has 3 nitrogen and oxygen atoms in total. The first-order chi connectivity index (χ1) is 12.6. The van der Waals surface area contributed by atoms with Crippen LogP contribution in [0.5, 0.6) is 0 Å². The lowest BCUT2D eigenvalue weighted by Crippen LogP contribution is -2.15. The monoisotopic (exact) mass is 380 g/mol. The van der Waals surface area contributed by atoms with Crippen molar-refractivity contribution in [1.29, 1.82) is 0 Å². The summed E-state index contributed by atoms with van der Waals surface area (Å²) in [6, 6.07) is 24.4. The van der Waals surface area contributed by atoms with Gasteiger partial charge in [-0.3, -0.25) is 4.57 Å². The standard InChI is InChI=1S/C21H14Cl2N2O/c22-16-10-6-14(7-11-16)19-20(15-8-12-17(23)13-9-15)25(21(26)24-19)18-4-2-1-3-5-18/h1-13H,(H,24,26). The SMILES string of the molecule is O=c1[nH]c(-c2ccc(Cl)cc2)c(-c2ccc(Cl)cc2)n1-c1ccccc1.